The molecule has 18 heavy (non-hydrogen) atoms. The Morgan fingerprint density at radius 3 is 2.83 bits per heavy atom. The van der Waals surface area contributed by atoms with E-state index in [9.17, 15) is 0 Å². The highest BCUT2D eigenvalue weighted by molar-refractivity contribution is 5.48. The number of nitrogens with one attached hydrogen (secondary N) is 1. The highest BCUT2D eigenvalue weighted by atomic mass is 16.3. The Kier molecular flexibility index (Phi) is 3.55. The van der Waals surface area contributed by atoms with Crippen LogP contribution in [0, 0.1) is 18.3 Å². The number of aliphatic hydroxyl groups excluding tert-OH is 1. The molecule has 6 nitrogen and oxygen atoms in total. The first-order chi connectivity index (χ1) is 8.76. The number of nitrogens with zero attached hydrogens (tertiary/aromatic N) is 4. The summed E-state index contributed by atoms with van der Waals surface area (Å²) in [5.74, 6) is 0.384. The van der Waals surface area contributed by atoms with E-state index >= 15 is 0 Å². The number of para-hydroxylation sites is 1. The lowest BCUT2D eigenvalue weighted by Gasteiger charge is -2.02. The molecule has 0 radical (unpaired) electrons. The highest BCUT2D eigenvalue weighted by Gasteiger charge is 2.12. The normalized spacial score (nSPS) is 10.1. The molecule has 0 amide bonds. The second-order valence-corrected chi connectivity index (χ2v) is 3.74. The number of aliphatic hydroxyl groups is 1. The van der Waals surface area contributed by atoms with E-state index in [1.807, 2.05) is 37.3 Å². The van der Waals surface area contributed by atoms with Crippen LogP contribution >= 0.6 is 0 Å². The fourth-order valence-corrected chi connectivity index (χ4v) is 1.57. The summed E-state index contributed by atoms with van der Waals surface area (Å²) in [7, 11) is 0. The van der Waals surface area contributed by atoms with Crippen LogP contribution in [0.3, 0.4) is 0 Å². The maximum atomic E-state index is 8.98. The monoisotopic (exact) mass is 243 g/mol. The van der Waals surface area contributed by atoms with Crippen LogP contribution in [0.25, 0.3) is 5.69 Å². The van der Waals surface area contributed by atoms with Gasteiger partial charge in [0.15, 0.2) is 5.82 Å². The smallest absolute Gasteiger partial charge is 0.207 e. The van der Waals surface area contributed by atoms with Crippen LogP contribution in [0.4, 0.5) is 5.82 Å². The van der Waals surface area contributed by atoms with Gasteiger partial charge in [-0.2, -0.15) is 5.26 Å². The summed E-state index contributed by atoms with van der Waals surface area (Å²) >= 11 is 0. The van der Waals surface area contributed by atoms with Crippen molar-refractivity contribution in [3.63, 3.8) is 0 Å². The lowest BCUT2D eigenvalue weighted by Crippen LogP contribution is -2.07. The van der Waals surface area contributed by atoms with Crippen molar-refractivity contribution in [1.82, 2.24) is 15.0 Å². The summed E-state index contributed by atoms with van der Waals surface area (Å²) in [4.78, 5) is 1.42. The third-order valence-corrected chi connectivity index (χ3v) is 2.45. The fourth-order valence-electron chi connectivity index (χ4n) is 1.57. The largest absolute Gasteiger partial charge is 0.395 e. The molecule has 6 heteroatoms. The molecule has 0 aliphatic rings. The maximum Gasteiger partial charge on any atom is 0.207 e. The molecule has 2 aromatic rings. The summed E-state index contributed by atoms with van der Waals surface area (Å²) in [6, 6.07) is 9.62. The molecule has 0 spiro atoms. The Bertz CT molecular complexity index is 584. The van der Waals surface area contributed by atoms with Gasteiger partial charge in [0.05, 0.1) is 12.3 Å². The van der Waals surface area contributed by atoms with Gasteiger partial charge in [-0.25, -0.2) is 0 Å². The van der Waals surface area contributed by atoms with Gasteiger partial charge in [-0.3, -0.25) is 0 Å². The van der Waals surface area contributed by atoms with Crippen molar-refractivity contribution in [2.24, 2.45) is 0 Å². The molecule has 0 unspecified atom stereocenters. The minimum absolute atomic E-state index is 0.0257. The quantitative estimate of drug-likeness (QED) is 0.831. The number of hydrogen-bond donors (Lipinski definition) is 2. The number of anilines is 1. The van der Waals surface area contributed by atoms with E-state index < -0.39 is 0 Å². The van der Waals surface area contributed by atoms with Gasteiger partial charge in [-0.1, -0.05) is 18.2 Å². The molecular weight excluding hydrogens is 230 g/mol. The average molecular weight is 243 g/mol. The average Bonchev–Trinajstić information content (AvgIpc) is 2.80. The highest BCUT2D eigenvalue weighted by Crippen LogP contribution is 2.15. The molecule has 0 aliphatic carbocycles. The Balaban J connectivity index is 2.39. The summed E-state index contributed by atoms with van der Waals surface area (Å²) in [6.45, 7) is 2.26. The van der Waals surface area contributed by atoms with E-state index in [0.717, 1.165) is 11.3 Å². The van der Waals surface area contributed by atoms with Crippen LogP contribution < -0.4 is 5.32 Å². The first-order valence-corrected chi connectivity index (χ1v) is 5.54. The van der Waals surface area contributed by atoms with Crippen molar-refractivity contribution >= 4 is 5.82 Å². The zero-order valence-corrected chi connectivity index (χ0v) is 9.96. The molecule has 0 saturated heterocycles. The van der Waals surface area contributed by atoms with Crippen molar-refractivity contribution in [3.8, 4) is 11.8 Å². The number of aryl methyl sites for hydroxylation is 1. The van der Waals surface area contributed by atoms with Crippen LogP contribution in [0.15, 0.2) is 24.3 Å². The van der Waals surface area contributed by atoms with Crippen molar-refractivity contribution < 1.29 is 5.11 Å². The molecule has 0 atom stereocenters. The standard InChI is InChI=1S/C12H13N5O/c1-9-4-2-3-5-11(9)17-15-10(8-13)12(16-17)14-6-7-18/h2-5,18H,6-7H2,1H3,(H,14,16). The van der Waals surface area contributed by atoms with Gasteiger partial charge < -0.3 is 10.4 Å². The molecule has 2 N–H and O–H groups in total. The molecule has 0 saturated carbocycles. The number of benzene rings is 1. The lowest BCUT2D eigenvalue weighted by molar-refractivity contribution is 0.311. The predicted octanol–water partition coefficient (Wildman–Crippen LogP) is 0.852. The summed E-state index contributed by atoms with van der Waals surface area (Å²) in [6.07, 6.45) is 0. The van der Waals surface area contributed by atoms with E-state index in [-0.39, 0.29) is 12.3 Å². The van der Waals surface area contributed by atoms with Crippen LogP contribution in [0.2, 0.25) is 0 Å². The van der Waals surface area contributed by atoms with Crippen molar-refractivity contribution in [1.29, 1.82) is 5.26 Å². The second-order valence-electron chi connectivity index (χ2n) is 3.74. The number of hydrogen-bond acceptors (Lipinski definition) is 5. The summed E-state index contributed by atoms with van der Waals surface area (Å²) in [5.41, 5.74) is 2.06. The Hall–Kier alpha value is -2.39. The zero-order valence-electron chi connectivity index (χ0n) is 9.96. The predicted molar refractivity (Wildman–Crippen MR) is 66.4 cm³/mol. The minimum atomic E-state index is -0.0257. The minimum Gasteiger partial charge on any atom is -0.395 e. The van der Waals surface area contributed by atoms with E-state index in [4.69, 9.17) is 10.4 Å². The summed E-state index contributed by atoms with van der Waals surface area (Å²) in [5, 5.41) is 28.9. The molecule has 1 aromatic carbocycles. The van der Waals surface area contributed by atoms with Gasteiger partial charge in [0.2, 0.25) is 5.69 Å². The second kappa shape index (κ2) is 5.29. The molecule has 0 fully saturated rings. The summed E-state index contributed by atoms with van der Waals surface area (Å²) < 4.78 is 0. The molecular formula is C12H13N5O. The number of aromatic nitrogens is 3. The van der Waals surface area contributed by atoms with Gasteiger partial charge in [0.25, 0.3) is 0 Å². The Morgan fingerprint density at radius 2 is 2.17 bits per heavy atom. The van der Waals surface area contributed by atoms with E-state index in [1.54, 1.807) is 0 Å². The van der Waals surface area contributed by atoms with Crippen molar-refractivity contribution in [3.05, 3.63) is 35.5 Å². The van der Waals surface area contributed by atoms with E-state index in [1.165, 1.54) is 4.80 Å². The first-order valence-electron chi connectivity index (χ1n) is 5.54. The molecule has 1 heterocycles. The van der Waals surface area contributed by atoms with Crippen LogP contribution in [-0.2, 0) is 0 Å². The maximum absolute atomic E-state index is 8.98. The first kappa shape index (κ1) is 12.1. The SMILES string of the molecule is Cc1ccccc1-n1nc(C#N)c(NCCO)n1. The van der Waals surface area contributed by atoms with Gasteiger partial charge in [0.1, 0.15) is 6.07 Å². The van der Waals surface area contributed by atoms with E-state index in [2.05, 4.69) is 15.5 Å². The molecule has 2 rings (SSSR count). The topological polar surface area (TPSA) is 86.8 Å². The van der Waals surface area contributed by atoms with Gasteiger partial charge in [-0.05, 0) is 18.6 Å². The third kappa shape index (κ3) is 2.31. The molecule has 92 valence electrons. The fraction of sp³-hybridized carbons (Fsp3) is 0.250. The van der Waals surface area contributed by atoms with Gasteiger partial charge >= 0.3 is 0 Å². The van der Waals surface area contributed by atoms with Crippen LogP contribution in [0.1, 0.15) is 11.3 Å². The van der Waals surface area contributed by atoms with Crippen LogP contribution in [0.5, 0.6) is 0 Å². The number of rotatable bonds is 4. The van der Waals surface area contributed by atoms with Crippen LogP contribution in [-0.4, -0.2) is 33.3 Å². The third-order valence-electron chi connectivity index (χ3n) is 2.45. The number of nitriles is 1. The molecule has 0 bridgehead atoms. The molecule has 0 aliphatic heterocycles. The Labute approximate surface area is 104 Å². The Morgan fingerprint density at radius 1 is 1.39 bits per heavy atom. The zero-order chi connectivity index (χ0) is 13.0. The van der Waals surface area contributed by atoms with Crippen molar-refractivity contribution in [2.75, 3.05) is 18.5 Å². The van der Waals surface area contributed by atoms with E-state index in [0.29, 0.717) is 12.4 Å². The van der Waals surface area contributed by atoms with Gasteiger partial charge in [-0.15, -0.1) is 15.0 Å². The van der Waals surface area contributed by atoms with Gasteiger partial charge in [0, 0.05) is 6.54 Å². The molecule has 1 aromatic heterocycles. The lowest BCUT2D eigenvalue weighted by atomic mass is 10.2. The van der Waals surface area contributed by atoms with Crippen molar-refractivity contribution in [2.45, 2.75) is 6.92 Å².